The molecule has 0 atom stereocenters. The van der Waals surface area contributed by atoms with Gasteiger partial charge in [0.2, 0.25) is 5.88 Å². The van der Waals surface area contributed by atoms with Crippen LogP contribution in [0.2, 0.25) is 0 Å². The molecule has 6 heteroatoms. The van der Waals surface area contributed by atoms with Gasteiger partial charge in [0, 0.05) is 19.8 Å². The average Bonchev–Trinajstić information content (AvgIpc) is 2.33. The van der Waals surface area contributed by atoms with Crippen molar-refractivity contribution in [3.63, 3.8) is 0 Å². The summed E-state index contributed by atoms with van der Waals surface area (Å²) in [5.74, 6) is 0.0721. The van der Waals surface area contributed by atoms with Crippen LogP contribution in [0.1, 0.15) is 18.4 Å². The Kier molecular flexibility index (Phi) is 3.33. The molecule has 17 heavy (non-hydrogen) atoms. The fourth-order valence-electron chi connectivity index (χ4n) is 2.02. The molecule has 0 bridgehead atoms. The Balaban J connectivity index is 2.29. The van der Waals surface area contributed by atoms with Crippen LogP contribution in [0, 0.1) is 12.8 Å². The van der Waals surface area contributed by atoms with E-state index >= 15 is 0 Å². The molecule has 94 valence electrons. The molecule has 2 N–H and O–H groups in total. The minimum atomic E-state index is -0.551. The van der Waals surface area contributed by atoms with E-state index in [9.17, 15) is 14.7 Å². The lowest BCUT2D eigenvalue weighted by atomic mass is 10.0. The first-order valence-electron chi connectivity index (χ1n) is 5.70. The number of rotatable bonds is 2. The number of aromatic amines is 1. The van der Waals surface area contributed by atoms with Gasteiger partial charge in [-0.05, 0) is 25.7 Å². The van der Waals surface area contributed by atoms with Crippen molar-refractivity contribution in [3.8, 4) is 5.88 Å². The average molecular weight is 240 g/mol. The van der Waals surface area contributed by atoms with E-state index in [1.807, 2.05) is 0 Å². The molecule has 0 saturated carbocycles. The van der Waals surface area contributed by atoms with Crippen molar-refractivity contribution in [3.05, 3.63) is 26.4 Å². The van der Waals surface area contributed by atoms with Crippen molar-refractivity contribution in [1.29, 1.82) is 0 Å². The predicted molar refractivity (Wildman–Crippen MR) is 61.3 cm³/mol. The highest BCUT2D eigenvalue weighted by Gasteiger charge is 2.18. The molecule has 0 amide bonds. The molecule has 0 radical (unpaired) electrons. The quantitative estimate of drug-likeness (QED) is 0.760. The third-order valence-corrected chi connectivity index (χ3v) is 3.18. The monoisotopic (exact) mass is 240 g/mol. The molecule has 1 saturated heterocycles. The van der Waals surface area contributed by atoms with Crippen molar-refractivity contribution in [2.45, 2.75) is 26.3 Å². The van der Waals surface area contributed by atoms with Crippen LogP contribution in [-0.2, 0) is 11.3 Å². The SMILES string of the molecule is Cc1c(O)n(CC2CCOCC2)c(=O)[nH]c1=O. The second-order valence-corrected chi connectivity index (χ2v) is 4.37. The number of aromatic nitrogens is 2. The summed E-state index contributed by atoms with van der Waals surface area (Å²) in [6.45, 7) is 3.28. The van der Waals surface area contributed by atoms with Crippen LogP contribution in [0.4, 0.5) is 0 Å². The van der Waals surface area contributed by atoms with Gasteiger partial charge in [0.25, 0.3) is 5.56 Å². The molecule has 1 aliphatic rings. The Labute approximate surface area is 97.9 Å². The standard InChI is InChI=1S/C11H16N2O4/c1-7-9(14)12-11(16)13(10(7)15)6-8-2-4-17-5-3-8/h8,15H,2-6H2,1H3,(H,12,14,16). The molecule has 2 rings (SSSR count). The van der Waals surface area contributed by atoms with E-state index in [1.165, 1.54) is 11.5 Å². The minimum absolute atomic E-state index is 0.177. The fraction of sp³-hybridized carbons (Fsp3) is 0.636. The summed E-state index contributed by atoms with van der Waals surface area (Å²) < 4.78 is 6.46. The summed E-state index contributed by atoms with van der Waals surface area (Å²) in [7, 11) is 0. The molecular formula is C11H16N2O4. The van der Waals surface area contributed by atoms with Gasteiger partial charge in [-0.1, -0.05) is 0 Å². The van der Waals surface area contributed by atoms with E-state index in [-0.39, 0.29) is 11.4 Å². The van der Waals surface area contributed by atoms with Crippen LogP contribution in [0.3, 0.4) is 0 Å². The van der Waals surface area contributed by atoms with Crippen molar-refractivity contribution in [1.82, 2.24) is 9.55 Å². The first-order chi connectivity index (χ1) is 8.09. The lowest BCUT2D eigenvalue weighted by Gasteiger charge is -2.23. The molecule has 1 aliphatic heterocycles. The van der Waals surface area contributed by atoms with Crippen LogP contribution in [0.15, 0.2) is 9.59 Å². The third-order valence-electron chi connectivity index (χ3n) is 3.18. The number of nitrogens with one attached hydrogen (secondary N) is 1. The van der Waals surface area contributed by atoms with Gasteiger partial charge in [-0.25, -0.2) is 4.79 Å². The van der Waals surface area contributed by atoms with Gasteiger partial charge in [-0.15, -0.1) is 0 Å². The maximum atomic E-state index is 11.6. The molecule has 1 aromatic rings. The second kappa shape index (κ2) is 4.75. The number of aromatic hydroxyl groups is 1. The molecule has 2 heterocycles. The fourth-order valence-corrected chi connectivity index (χ4v) is 2.02. The van der Waals surface area contributed by atoms with Gasteiger partial charge >= 0.3 is 5.69 Å². The molecule has 1 aromatic heterocycles. The normalized spacial score (nSPS) is 17.2. The van der Waals surface area contributed by atoms with E-state index in [0.717, 1.165) is 12.8 Å². The zero-order valence-electron chi connectivity index (χ0n) is 9.73. The molecule has 6 nitrogen and oxygen atoms in total. The van der Waals surface area contributed by atoms with Crippen LogP contribution in [0.5, 0.6) is 5.88 Å². The van der Waals surface area contributed by atoms with Gasteiger partial charge in [0.1, 0.15) is 0 Å². The van der Waals surface area contributed by atoms with Crippen LogP contribution < -0.4 is 11.2 Å². The Morgan fingerprint density at radius 2 is 2.06 bits per heavy atom. The van der Waals surface area contributed by atoms with Crippen LogP contribution >= 0.6 is 0 Å². The Hall–Kier alpha value is -1.56. The molecule has 1 fully saturated rings. The lowest BCUT2D eigenvalue weighted by molar-refractivity contribution is 0.0600. The van der Waals surface area contributed by atoms with Crippen molar-refractivity contribution < 1.29 is 9.84 Å². The second-order valence-electron chi connectivity index (χ2n) is 4.37. The Morgan fingerprint density at radius 3 is 2.71 bits per heavy atom. The zero-order valence-corrected chi connectivity index (χ0v) is 9.73. The van der Waals surface area contributed by atoms with Gasteiger partial charge in [-0.3, -0.25) is 14.3 Å². The van der Waals surface area contributed by atoms with Crippen LogP contribution in [0.25, 0.3) is 0 Å². The molecular weight excluding hydrogens is 224 g/mol. The number of nitrogens with zero attached hydrogens (tertiary/aromatic N) is 1. The number of hydrogen-bond donors (Lipinski definition) is 2. The topological polar surface area (TPSA) is 84.3 Å². The zero-order chi connectivity index (χ0) is 12.4. The third kappa shape index (κ3) is 2.41. The summed E-state index contributed by atoms with van der Waals surface area (Å²) in [4.78, 5) is 25.1. The number of ether oxygens (including phenoxy) is 1. The Bertz CT molecular complexity index is 511. The van der Waals surface area contributed by atoms with E-state index in [0.29, 0.717) is 25.7 Å². The molecule has 0 unspecified atom stereocenters. The van der Waals surface area contributed by atoms with Gasteiger partial charge in [-0.2, -0.15) is 0 Å². The molecule has 0 aromatic carbocycles. The van der Waals surface area contributed by atoms with E-state index in [1.54, 1.807) is 0 Å². The van der Waals surface area contributed by atoms with Crippen molar-refractivity contribution in [2.24, 2.45) is 5.92 Å². The maximum Gasteiger partial charge on any atom is 0.331 e. The summed E-state index contributed by atoms with van der Waals surface area (Å²) >= 11 is 0. The van der Waals surface area contributed by atoms with Crippen LogP contribution in [-0.4, -0.2) is 27.9 Å². The first kappa shape index (κ1) is 11.9. The maximum absolute atomic E-state index is 11.6. The van der Waals surface area contributed by atoms with Crippen molar-refractivity contribution >= 4 is 0 Å². The summed E-state index contributed by atoms with van der Waals surface area (Å²) in [6, 6.07) is 0. The molecule has 0 spiro atoms. The van der Waals surface area contributed by atoms with E-state index in [2.05, 4.69) is 4.98 Å². The largest absolute Gasteiger partial charge is 0.494 e. The lowest BCUT2D eigenvalue weighted by Crippen LogP contribution is -2.34. The van der Waals surface area contributed by atoms with Crippen molar-refractivity contribution in [2.75, 3.05) is 13.2 Å². The predicted octanol–water partition coefficient (Wildman–Crippen LogP) is -0.0228. The highest BCUT2D eigenvalue weighted by Crippen LogP contribution is 2.18. The smallest absolute Gasteiger partial charge is 0.331 e. The van der Waals surface area contributed by atoms with Gasteiger partial charge < -0.3 is 9.84 Å². The number of H-pyrrole nitrogens is 1. The summed E-state index contributed by atoms with van der Waals surface area (Å²) in [6.07, 6.45) is 1.73. The van der Waals surface area contributed by atoms with E-state index < -0.39 is 11.2 Å². The first-order valence-corrected chi connectivity index (χ1v) is 5.70. The molecule has 0 aliphatic carbocycles. The summed E-state index contributed by atoms with van der Waals surface area (Å²) in [5.41, 5.74) is -0.906. The highest BCUT2D eigenvalue weighted by molar-refractivity contribution is 5.20. The Morgan fingerprint density at radius 1 is 1.41 bits per heavy atom. The minimum Gasteiger partial charge on any atom is -0.494 e. The van der Waals surface area contributed by atoms with E-state index in [4.69, 9.17) is 4.74 Å². The highest BCUT2D eigenvalue weighted by atomic mass is 16.5. The van der Waals surface area contributed by atoms with Gasteiger partial charge in [0.05, 0.1) is 5.56 Å². The van der Waals surface area contributed by atoms with Gasteiger partial charge in [0.15, 0.2) is 0 Å². The summed E-state index contributed by atoms with van der Waals surface area (Å²) in [5, 5.41) is 9.80. The number of hydrogen-bond acceptors (Lipinski definition) is 4.